The van der Waals surface area contributed by atoms with Gasteiger partial charge < -0.3 is 10.1 Å². The van der Waals surface area contributed by atoms with Gasteiger partial charge in [-0.05, 0) is 36.3 Å². The SMILES string of the molecule is CCCCc1nc(O)c(Cc2ccc(C3CC3)cc2)c(=O)[nH]1. The van der Waals surface area contributed by atoms with Gasteiger partial charge in [-0.25, -0.2) is 4.98 Å². The van der Waals surface area contributed by atoms with Crippen molar-refractivity contribution in [3.05, 3.63) is 57.1 Å². The number of hydrogen-bond acceptors (Lipinski definition) is 3. The Morgan fingerprint density at radius 3 is 2.59 bits per heavy atom. The number of hydrogen-bond donors (Lipinski definition) is 2. The molecule has 1 heterocycles. The molecule has 1 aromatic carbocycles. The third-order valence-electron chi connectivity index (χ3n) is 4.22. The van der Waals surface area contributed by atoms with Crippen LogP contribution in [0.2, 0.25) is 0 Å². The Balaban J connectivity index is 1.77. The molecule has 1 aliphatic rings. The first kappa shape index (κ1) is 14.8. The lowest BCUT2D eigenvalue weighted by molar-refractivity contribution is 0.440. The molecule has 1 aliphatic carbocycles. The van der Waals surface area contributed by atoms with E-state index in [4.69, 9.17) is 0 Å². The van der Waals surface area contributed by atoms with E-state index in [1.54, 1.807) is 0 Å². The largest absolute Gasteiger partial charge is 0.493 e. The Morgan fingerprint density at radius 2 is 2.00 bits per heavy atom. The molecule has 0 saturated heterocycles. The van der Waals surface area contributed by atoms with Crippen LogP contribution in [-0.2, 0) is 12.8 Å². The average Bonchev–Trinajstić information content (AvgIpc) is 3.34. The van der Waals surface area contributed by atoms with E-state index in [2.05, 4.69) is 29.0 Å². The van der Waals surface area contributed by atoms with Crippen LogP contribution in [0.5, 0.6) is 5.88 Å². The van der Waals surface area contributed by atoms with Gasteiger partial charge in [-0.3, -0.25) is 4.79 Å². The van der Waals surface area contributed by atoms with Gasteiger partial charge in [0.2, 0.25) is 5.88 Å². The number of nitrogens with zero attached hydrogens (tertiary/aromatic N) is 1. The standard InChI is InChI=1S/C18H22N2O2/c1-2-3-4-16-19-17(21)15(18(22)20-16)11-12-5-7-13(8-6-12)14-9-10-14/h5-8,14H,2-4,9-11H2,1H3,(H2,19,20,21,22). The maximum absolute atomic E-state index is 12.2. The maximum Gasteiger partial charge on any atom is 0.258 e. The summed E-state index contributed by atoms with van der Waals surface area (Å²) >= 11 is 0. The molecule has 2 aromatic rings. The molecule has 22 heavy (non-hydrogen) atoms. The maximum atomic E-state index is 12.2. The summed E-state index contributed by atoms with van der Waals surface area (Å²) in [6.07, 6.45) is 5.64. The molecular weight excluding hydrogens is 276 g/mol. The average molecular weight is 298 g/mol. The van der Waals surface area contributed by atoms with Crippen molar-refractivity contribution < 1.29 is 5.11 Å². The topological polar surface area (TPSA) is 66.0 Å². The molecule has 1 aromatic heterocycles. The number of aromatic hydroxyl groups is 1. The van der Waals surface area contributed by atoms with Gasteiger partial charge in [0.15, 0.2) is 0 Å². The minimum absolute atomic E-state index is 0.138. The molecule has 0 radical (unpaired) electrons. The van der Waals surface area contributed by atoms with E-state index < -0.39 is 0 Å². The van der Waals surface area contributed by atoms with Crippen LogP contribution in [0, 0.1) is 0 Å². The van der Waals surface area contributed by atoms with Gasteiger partial charge in [0, 0.05) is 12.8 Å². The lowest BCUT2D eigenvalue weighted by atomic mass is 10.0. The highest BCUT2D eigenvalue weighted by Crippen LogP contribution is 2.39. The van der Waals surface area contributed by atoms with E-state index in [1.807, 2.05) is 12.1 Å². The molecule has 0 amide bonds. The summed E-state index contributed by atoms with van der Waals surface area (Å²) in [6.45, 7) is 2.08. The Kier molecular flexibility index (Phi) is 4.27. The third-order valence-corrected chi connectivity index (χ3v) is 4.22. The van der Waals surface area contributed by atoms with Crippen LogP contribution in [-0.4, -0.2) is 15.1 Å². The smallest absolute Gasteiger partial charge is 0.258 e. The normalized spacial score (nSPS) is 14.2. The van der Waals surface area contributed by atoms with Crippen molar-refractivity contribution in [1.29, 1.82) is 0 Å². The fraction of sp³-hybridized carbons (Fsp3) is 0.444. The van der Waals surface area contributed by atoms with Crippen LogP contribution < -0.4 is 5.56 Å². The van der Waals surface area contributed by atoms with Crippen molar-refractivity contribution in [2.75, 3.05) is 0 Å². The summed E-state index contributed by atoms with van der Waals surface area (Å²) in [5, 5.41) is 10.1. The molecule has 116 valence electrons. The first-order valence-electron chi connectivity index (χ1n) is 8.07. The van der Waals surface area contributed by atoms with Crippen molar-refractivity contribution in [2.24, 2.45) is 0 Å². The Morgan fingerprint density at radius 1 is 1.27 bits per heavy atom. The monoisotopic (exact) mass is 298 g/mol. The number of unbranched alkanes of at least 4 members (excludes halogenated alkanes) is 1. The highest BCUT2D eigenvalue weighted by Gasteiger charge is 2.23. The highest BCUT2D eigenvalue weighted by atomic mass is 16.3. The fourth-order valence-corrected chi connectivity index (χ4v) is 2.68. The third kappa shape index (κ3) is 3.38. The van der Waals surface area contributed by atoms with Crippen LogP contribution >= 0.6 is 0 Å². The van der Waals surface area contributed by atoms with E-state index in [0.717, 1.165) is 24.3 Å². The molecular formula is C18H22N2O2. The second-order valence-electron chi connectivity index (χ2n) is 6.11. The van der Waals surface area contributed by atoms with Crippen molar-refractivity contribution in [3.63, 3.8) is 0 Å². The van der Waals surface area contributed by atoms with Crippen LogP contribution in [0.1, 0.15) is 61.0 Å². The fourth-order valence-electron chi connectivity index (χ4n) is 2.68. The summed E-state index contributed by atoms with van der Waals surface area (Å²) < 4.78 is 0. The van der Waals surface area contributed by atoms with Crippen LogP contribution in [0.3, 0.4) is 0 Å². The first-order valence-corrected chi connectivity index (χ1v) is 8.07. The lowest BCUT2D eigenvalue weighted by Gasteiger charge is -2.07. The molecule has 1 fully saturated rings. The number of benzene rings is 1. The van der Waals surface area contributed by atoms with Crippen LogP contribution in [0.25, 0.3) is 0 Å². The van der Waals surface area contributed by atoms with E-state index in [9.17, 15) is 9.90 Å². The summed E-state index contributed by atoms with van der Waals surface area (Å²) in [4.78, 5) is 19.1. The molecule has 0 atom stereocenters. The Hall–Kier alpha value is -2.10. The lowest BCUT2D eigenvalue weighted by Crippen LogP contribution is -2.17. The van der Waals surface area contributed by atoms with E-state index in [-0.39, 0.29) is 11.4 Å². The zero-order valence-electron chi connectivity index (χ0n) is 12.9. The van der Waals surface area contributed by atoms with Crippen molar-refractivity contribution >= 4 is 0 Å². The van der Waals surface area contributed by atoms with Crippen molar-refractivity contribution in [1.82, 2.24) is 9.97 Å². The van der Waals surface area contributed by atoms with Gasteiger partial charge in [0.25, 0.3) is 5.56 Å². The molecule has 4 nitrogen and oxygen atoms in total. The minimum Gasteiger partial charge on any atom is -0.493 e. The predicted molar refractivity (Wildman–Crippen MR) is 86.4 cm³/mol. The molecule has 0 unspecified atom stereocenters. The number of rotatable bonds is 6. The number of nitrogens with one attached hydrogen (secondary N) is 1. The summed E-state index contributed by atoms with van der Waals surface area (Å²) in [6, 6.07) is 8.33. The summed E-state index contributed by atoms with van der Waals surface area (Å²) in [5.41, 5.74) is 2.51. The molecule has 0 spiro atoms. The zero-order chi connectivity index (χ0) is 15.5. The molecule has 2 N–H and O–H groups in total. The van der Waals surface area contributed by atoms with Gasteiger partial charge in [0.05, 0.1) is 5.56 Å². The zero-order valence-corrected chi connectivity index (χ0v) is 12.9. The second kappa shape index (κ2) is 6.34. The van der Waals surface area contributed by atoms with Gasteiger partial charge in [-0.15, -0.1) is 0 Å². The van der Waals surface area contributed by atoms with Gasteiger partial charge in [-0.1, -0.05) is 37.6 Å². The van der Waals surface area contributed by atoms with E-state index in [0.29, 0.717) is 24.2 Å². The molecule has 4 heteroatoms. The molecule has 0 aliphatic heterocycles. The summed E-state index contributed by atoms with van der Waals surface area (Å²) in [7, 11) is 0. The van der Waals surface area contributed by atoms with Gasteiger partial charge in [-0.2, -0.15) is 0 Å². The number of aromatic nitrogens is 2. The van der Waals surface area contributed by atoms with Crippen LogP contribution in [0.4, 0.5) is 0 Å². The number of H-pyrrole nitrogens is 1. The summed E-state index contributed by atoms with van der Waals surface area (Å²) in [5.74, 6) is 1.16. The first-order chi connectivity index (χ1) is 10.7. The van der Waals surface area contributed by atoms with Crippen molar-refractivity contribution in [2.45, 2.75) is 51.4 Å². The minimum atomic E-state index is -0.232. The van der Waals surface area contributed by atoms with E-state index >= 15 is 0 Å². The quantitative estimate of drug-likeness (QED) is 0.860. The van der Waals surface area contributed by atoms with Crippen molar-refractivity contribution in [3.8, 4) is 5.88 Å². The highest BCUT2D eigenvalue weighted by molar-refractivity contribution is 5.33. The second-order valence-corrected chi connectivity index (χ2v) is 6.11. The molecule has 3 rings (SSSR count). The molecule has 1 saturated carbocycles. The molecule has 0 bridgehead atoms. The van der Waals surface area contributed by atoms with Crippen LogP contribution in [0.15, 0.2) is 29.1 Å². The number of aryl methyl sites for hydroxylation is 1. The number of aromatic amines is 1. The Labute approximate surface area is 130 Å². The Bertz CT molecular complexity index is 700. The van der Waals surface area contributed by atoms with E-state index in [1.165, 1.54) is 18.4 Å². The van der Waals surface area contributed by atoms with Gasteiger partial charge in [0.1, 0.15) is 5.82 Å². The van der Waals surface area contributed by atoms with Gasteiger partial charge >= 0.3 is 0 Å². The predicted octanol–water partition coefficient (Wildman–Crippen LogP) is 3.29.